The summed E-state index contributed by atoms with van der Waals surface area (Å²) in [5.74, 6) is -2.28. The van der Waals surface area contributed by atoms with Gasteiger partial charge in [-0.05, 0) is 68.9 Å². The molecule has 3 rings (SSSR count). The third-order valence-corrected chi connectivity index (χ3v) is 6.47. The Kier molecular flexibility index (Phi) is 11.9. The van der Waals surface area contributed by atoms with Crippen LogP contribution in [0.15, 0.2) is 54.6 Å². The van der Waals surface area contributed by atoms with Crippen LogP contribution in [0.3, 0.4) is 0 Å². The molecule has 0 aliphatic rings. The summed E-state index contributed by atoms with van der Waals surface area (Å²) >= 11 is 0. The van der Waals surface area contributed by atoms with Crippen LogP contribution in [-0.4, -0.2) is 44.1 Å². The number of nitrogens with zero attached hydrogens (tertiary/aromatic N) is 2. The Morgan fingerprint density at radius 3 is 2.23 bits per heavy atom. The molecule has 0 saturated heterocycles. The molecule has 0 aliphatic heterocycles. The average molecular weight is 548 g/mol. The van der Waals surface area contributed by atoms with Gasteiger partial charge in [-0.3, -0.25) is 4.79 Å². The number of aliphatic hydroxyl groups excluding tert-OH is 2. The van der Waals surface area contributed by atoms with E-state index in [2.05, 4.69) is 10.4 Å². The number of carboxylic acid groups (broad SMARTS) is 1. The van der Waals surface area contributed by atoms with E-state index in [-0.39, 0.29) is 66.3 Å². The van der Waals surface area contributed by atoms with E-state index >= 15 is 0 Å². The van der Waals surface area contributed by atoms with Gasteiger partial charge in [0.05, 0.1) is 23.4 Å². The second-order valence-electron chi connectivity index (χ2n) is 10.4. The van der Waals surface area contributed by atoms with Gasteiger partial charge < -0.3 is 25.4 Å². The second kappa shape index (κ2) is 14.2. The molecule has 1 heterocycles. The molecule has 39 heavy (non-hydrogen) atoms. The zero-order valence-corrected chi connectivity index (χ0v) is 25.1. The van der Waals surface area contributed by atoms with Crippen molar-refractivity contribution in [2.75, 3.05) is 0 Å². The number of aliphatic hydroxyl groups is 2. The fourth-order valence-electron chi connectivity index (χ4n) is 4.56. The monoisotopic (exact) mass is 547 g/mol. The number of carboxylic acids is 1. The van der Waals surface area contributed by atoms with Gasteiger partial charge in [-0.2, -0.15) is 5.10 Å². The van der Waals surface area contributed by atoms with Gasteiger partial charge in [-0.1, -0.05) is 44.2 Å². The number of aliphatic carboxylic acids is 1. The van der Waals surface area contributed by atoms with Crippen molar-refractivity contribution in [1.82, 2.24) is 15.1 Å². The van der Waals surface area contributed by atoms with Gasteiger partial charge in [0.25, 0.3) is 5.91 Å². The predicted octanol–water partition coefficient (Wildman–Crippen LogP) is -0.0116. The van der Waals surface area contributed by atoms with Crippen LogP contribution in [0.5, 0.6) is 0 Å². The molecule has 0 radical (unpaired) electrons. The van der Waals surface area contributed by atoms with Crippen molar-refractivity contribution < 1.29 is 58.9 Å². The van der Waals surface area contributed by atoms with Crippen molar-refractivity contribution in [2.24, 2.45) is 0 Å². The third-order valence-electron chi connectivity index (χ3n) is 6.47. The fourth-order valence-corrected chi connectivity index (χ4v) is 4.56. The van der Waals surface area contributed by atoms with Gasteiger partial charge in [-0.15, -0.1) is 0 Å². The number of amides is 1. The molecule has 0 aliphatic carbocycles. The largest absolute Gasteiger partial charge is 1.00 e. The van der Waals surface area contributed by atoms with Crippen LogP contribution in [-0.2, 0) is 16.8 Å². The molecule has 3 N–H and O–H groups in total. The van der Waals surface area contributed by atoms with Crippen LogP contribution in [0.25, 0.3) is 5.69 Å². The average Bonchev–Trinajstić information content (AvgIpc) is 3.23. The molecule has 2 aromatic carbocycles. The minimum Gasteiger partial charge on any atom is -0.550 e. The van der Waals surface area contributed by atoms with Crippen molar-refractivity contribution in [2.45, 2.75) is 77.0 Å². The van der Waals surface area contributed by atoms with Crippen molar-refractivity contribution in [3.63, 3.8) is 0 Å². The fraction of sp³-hybridized carbons (Fsp3) is 0.414. The standard InChI is InChI=1S/C29H36FN3O5.Na/c1-18(2)26-24(15-14-22(34)16-23(35)17-25(36)37)33(21-12-10-20(30)11-13-21)32-27(26)28(38)31-29(3,4)19-8-6-5-7-9-19;/h5-13,18,22-23,34-35H,14-17H2,1-4H3,(H,31,38)(H,36,37);/q;+1/p-1/t22-,23-;/m1./s1. The van der Waals surface area contributed by atoms with Gasteiger partial charge >= 0.3 is 29.6 Å². The minimum atomic E-state index is -1.39. The number of benzene rings is 2. The van der Waals surface area contributed by atoms with Crippen molar-refractivity contribution in [3.8, 4) is 5.69 Å². The van der Waals surface area contributed by atoms with Gasteiger partial charge in [0, 0.05) is 23.6 Å². The van der Waals surface area contributed by atoms with Gasteiger partial charge in [0.1, 0.15) is 5.82 Å². The number of aromatic nitrogens is 2. The number of hydrogen-bond acceptors (Lipinski definition) is 6. The summed E-state index contributed by atoms with van der Waals surface area (Å²) in [7, 11) is 0. The summed E-state index contributed by atoms with van der Waals surface area (Å²) in [4.78, 5) is 24.3. The number of carbonyl (C=O) groups is 2. The Morgan fingerprint density at radius 1 is 1.05 bits per heavy atom. The molecular weight excluding hydrogens is 512 g/mol. The first kappa shape index (κ1) is 32.7. The molecule has 0 spiro atoms. The van der Waals surface area contributed by atoms with E-state index in [0.29, 0.717) is 16.9 Å². The first-order valence-electron chi connectivity index (χ1n) is 12.7. The summed E-state index contributed by atoms with van der Waals surface area (Å²) in [6, 6.07) is 15.3. The molecule has 204 valence electrons. The van der Waals surface area contributed by atoms with Crippen LogP contribution in [0.2, 0.25) is 0 Å². The van der Waals surface area contributed by atoms with E-state index in [4.69, 9.17) is 0 Å². The van der Waals surface area contributed by atoms with E-state index in [0.717, 1.165) is 5.56 Å². The van der Waals surface area contributed by atoms with Crippen LogP contribution in [0, 0.1) is 5.82 Å². The summed E-state index contributed by atoms with van der Waals surface area (Å²) in [6.45, 7) is 7.69. The summed E-state index contributed by atoms with van der Waals surface area (Å²) < 4.78 is 15.2. The molecule has 8 nitrogen and oxygen atoms in total. The first-order valence-corrected chi connectivity index (χ1v) is 12.7. The molecular formula is C29H35FN3NaO5. The number of nitrogens with one attached hydrogen (secondary N) is 1. The Balaban J connectivity index is 0.00000533. The van der Waals surface area contributed by atoms with E-state index in [1.54, 1.807) is 16.8 Å². The maximum atomic E-state index is 13.7. The van der Waals surface area contributed by atoms with Crippen LogP contribution >= 0.6 is 0 Å². The zero-order valence-electron chi connectivity index (χ0n) is 23.1. The summed E-state index contributed by atoms with van der Waals surface area (Å²) in [5, 5.41) is 38.8. The second-order valence-corrected chi connectivity index (χ2v) is 10.4. The van der Waals surface area contributed by atoms with E-state index in [1.807, 2.05) is 58.0 Å². The number of rotatable bonds is 12. The SMILES string of the molecule is CC(C)c1c(C(=O)NC(C)(C)c2ccccc2)nn(-c2ccc(F)cc2)c1CC[C@@H](O)C[C@@H](O)CC(=O)[O-].[Na+]. The Labute approximate surface area is 250 Å². The normalized spacial score (nSPS) is 13.0. The maximum absolute atomic E-state index is 13.7. The molecule has 0 unspecified atom stereocenters. The quantitative estimate of drug-likeness (QED) is 0.274. The first-order chi connectivity index (χ1) is 17.9. The van der Waals surface area contributed by atoms with E-state index in [9.17, 15) is 29.3 Å². The Morgan fingerprint density at radius 2 is 1.67 bits per heavy atom. The van der Waals surface area contributed by atoms with E-state index in [1.165, 1.54) is 12.1 Å². The summed E-state index contributed by atoms with van der Waals surface area (Å²) in [5.41, 5.74) is 2.39. The Hall–Kier alpha value is -2.56. The minimum absolute atomic E-state index is 0. The number of halogens is 1. The van der Waals surface area contributed by atoms with Gasteiger partial charge in [-0.25, -0.2) is 9.07 Å². The molecule has 2 atom stereocenters. The van der Waals surface area contributed by atoms with Crippen molar-refractivity contribution >= 4 is 11.9 Å². The van der Waals surface area contributed by atoms with Crippen molar-refractivity contribution in [1.29, 1.82) is 0 Å². The van der Waals surface area contributed by atoms with E-state index < -0.39 is 36.0 Å². The molecule has 0 fully saturated rings. The predicted molar refractivity (Wildman–Crippen MR) is 139 cm³/mol. The molecule has 1 amide bonds. The summed E-state index contributed by atoms with van der Waals surface area (Å²) in [6.07, 6.45) is -2.45. The topological polar surface area (TPSA) is 128 Å². The third kappa shape index (κ3) is 8.71. The molecule has 0 saturated carbocycles. The number of carbonyl (C=O) groups excluding carboxylic acids is 2. The zero-order chi connectivity index (χ0) is 28.0. The Bertz CT molecular complexity index is 1250. The molecule has 10 heteroatoms. The molecule has 0 bridgehead atoms. The maximum Gasteiger partial charge on any atom is 1.00 e. The van der Waals surface area contributed by atoms with Crippen LogP contribution in [0.4, 0.5) is 4.39 Å². The number of hydrogen-bond donors (Lipinski definition) is 3. The van der Waals surface area contributed by atoms with Gasteiger partial charge in [0.2, 0.25) is 0 Å². The molecule has 1 aromatic heterocycles. The van der Waals surface area contributed by atoms with Crippen LogP contribution < -0.4 is 40.0 Å². The molecule has 3 aromatic rings. The smallest absolute Gasteiger partial charge is 0.550 e. The van der Waals surface area contributed by atoms with Gasteiger partial charge in [0.15, 0.2) is 5.69 Å². The van der Waals surface area contributed by atoms with Crippen molar-refractivity contribution in [3.05, 3.63) is 82.9 Å². The van der Waals surface area contributed by atoms with Crippen LogP contribution in [0.1, 0.15) is 80.2 Å².